The maximum absolute atomic E-state index is 3.38. The second-order valence-corrected chi connectivity index (χ2v) is 4.66. The summed E-state index contributed by atoms with van der Waals surface area (Å²) in [5.74, 6) is 1.33. The molecule has 2 unspecified atom stereocenters. The molecule has 0 fully saturated rings. The molecule has 1 radical (unpaired) electrons. The van der Waals surface area contributed by atoms with Crippen LogP contribution in [-0.2, 0) is 0 Å². The predicted molar refractivity (Wildman–Crippen MR) is 67.5 cm³/mol. The number of rotatable bonds is 1. The summed E-state index contributed by atoms with van der Waals surface area (Å²) in [6.07, 6.45) is 0. The highest BCUT2D eigenvalue weighted by Gasteiger charge is 2.32. The molecule has 0 aliphatic heterocycles. The van der Waals surface area contributed by atoms with Crippen LogP contribution in [0.1, 0.15) is 36.8 Å². The smallest absolute Gasteiger partial charge is 0.0115 e. The van der Waals surface area contributed by atoms with Gasteiger partial charge >= 0.3 is 0 Å². The van der Waals surface area contributed by atoms with E-state index in [9.17, 15) is 0 Å². The van der Waals surface area contributed by atoms with Crippen molar-refractivity contribution in [1.29, 1.82) is 0 Å². The first-order valence-corrected chi connectivity index (χ1v) is 5.89. The van der Waals surface area contributed by atoms with Crippen molar-refractivity contribution >= 4 is 0 Å². The van der Waals surface area contributed by atoms with Gasteiger partial charge in [-0.2, -0.15) is 0 Å². The summed E-state index contributed by atoms with van der Waals surface area (Å²) in [5, 5.41) is 0. The molecule has 0 nitrogen and oxygen atoms in total. The standard InChI is InChI=1S/C16H15/c1-11-12(2)16-14(11)9-6-10-15(16)13-7-4-3-5-8-13/h3-8,10-12H,1-2H3. The Balaban J connectivity index is 2.17. The number of benzene rings is 2. The van der Waals surface area contributed by atoms with Gasteiger partial charge in [0.2, 0.25) is 0 Å². The third-order valence-corrected chi connectivity index (χ3v) is 3.81. The van der Waals surface area contributed by atoms with E-state index in [-0.39, 0.29) is 0 Å². The Hall–Kier alpha value is -1.56. The molecule has 0 aromatic heterocycles. The van der Waals surface area contributed by atoms with Crippen molar-refractivity contribution in [1.82, 2.24) is 0 Å². The third kappa shape index (κ3) is 1.23. The normalized spacial score (nSPS) is 22.4. The van der Waals surface area contributed by atoms with Crippen LogP contribution >= 0.6 is 0 Å². The first-order chi connectivity index (χ1) is 7.79. The zero-order valence-electron chi connectivity index (χ0n) is 9.70. The number of hydrogen-bond donors (Lipinski definition) is 0. The SMILES string of the molecule is CC1c2[c]ccc(-c3ccccc3)c2C1C. The average Bonchev–Trinajstić information content (AvgIpc) is 2.38. The van der Waals surface area contributed by atoms with Crippen LogP contribution in [0.3, 0.4) is 0 Å². The van der Waals surface area contributed by atoms with Crippen LogP contribution in [-0.4, -0.2) is 0 Å². The fourth-order valence-corrected chi connectivity index (χ4v) is 2.67. The van der Waals surface area contributed by atoms with Gasteiger partial charge in [-0.05, 0) is 40.2 Å². The fraction of sp³-hybridized carbons (Fsp3) is 0.250. The zero-order valence-corrected chi connectivity index (χ0v) is 9.70. The molecule has 0 saturated carbocycles. The van der Waals surface area contributed by atoms with Gasteiger partial charge in [-0.25, -0.2) is 0 Å². The van der Waals surface area contributed by atoms with Crippen molar-refractivity contribution in [3.8, 4) is 11.1 Å². The van der Waals surface area contributed by atoms with Crippen molar-refractivity contribution in [3.63, 3.8) is 0 Å². The minimum Gasteiger partial charge on any atom is -0.0622 e. The molecule has 0 N–H and O–H groups in total. The van der Waals surface area contributed by atoms with Crippen molar-refractivity contribution in [2.45, 2.75) is 25.7 Å². The van der Waals surface area contributed by atoms with E-state index in [2.05, 4.69) is 62.4 Å². The van der Waals surface area contributed by atoms with Gasteiger partial charge in [-0.1, -0.05) is 56.3 Å². The summed E-state index contributed by atoms with van der Waals surface area (Å²) in [6, 6.07) is 18.3. The van der Waals surface area contributed by atoms with Crippen LogP contribution in [0.4, 0.5) is 0 Å². The van der Waals surface area contributed by atoms with E-state index in [1.165, 1.54) is 22.3 Å². The molecule has 0 bridgehead atoms. The highest BCUT2D eigenvalue weighted by atomic mass is 14.4. The lowest BCUT2D eigenvalue weighted by Gasteiger charge is -2.36. The lowest BCUT2D eigenvalue weighted by atomic mass is 9.67. The van der Waals surface area contributed by atoms with Crippen LogP contribution in [0, 0.1) is 6.07 Å². The lowest BCUT2D eigenvalue weighted by Crippen LogP contribution is -2.20. The quantitative estimate of drug-likeness (QED) is 0.651. The highest BCUT2D eigenvalue weighted by Crippen LogP contribution is 2.49. The molecule has 2 atom stereocenters. The monoisotopic (exact) mass is 207 g/mol. The van der Waals surface area contributed by atoms with Gasteiger partial charge in [0.25, 0.3) is 0 Å². The van der Waals surface area contributed by atoms with E-state index in [4.69, 9.17) is 0 Å². The van der Waals surface area contributed by atoms with E-state index < -0.39 is 0 Å². The van der Waals surface area contributed by atoms with Crippen LogP contribution in [0.2, 0.25) is 0 Å². The summed E-state index contributed by atoms with van der Waals surface area (Å²) in [6.45, 7) is 4.60. The van der Waals surface area contributed by atoms with E-state index >= 15 is 0 Å². The molecular weight excluding hydrogens is 192 g/mol. The molecule has 1 aliphatic carbocycles. The molecule has 0 spiro atoms. The van der Waals surface area contributed by atoms with Crippen molar-refractivity contribution < 1.29 is 0 Å². The molecule has 16 heavy (non-hydrogen) atoms. The maximum atomic E-state index is 3.38. The molecule has 3 rings (SSSR count). The lowest BCUT2D eigenvalue weighted by molar-refractivity contribution is 0.543. The Morgan fingerprint density at radius 1 is 0.938 bits per heavy atom. The Labute approximate surface area is 96.9 Å². The van der Waals surface area contributed by atoms with Crippen LogP contribution in [0.25, 0.3) is 11.1 Å². The molecule has 2 aromatic rings. The first kappa shape index (κ1) is 9.65. The fourth-order valence-electron chi connectivity index (χ4n) is 2.67. The molecule has 0 saturated heterocycles. The minimum absolute atomic E-state index is 0.665. The predicted octanol–water partition coefficient (Wildman–Crippen LogP) is 4.37. The summed E-state index contributed by atoms with van der Waals surface area (Å²) in [4.78, 5) is 0. The van der Waals surface area contributed by atoms with Crippen molar-refractivity contribution in [2.24, 2.45) is 0 Å². The second kappa shape index (κ2) is 3.48. The summed E-state index contributed by atoms with van der Waals surface area (Å²) in [5.41, 5.74) is 5.63. The Kier molecular flexibility index (Phi) is 2.10. The summed E-state index contributed by atoms with van der Waals surface area (Å²) < 4.78 is 0. The van der Waals surface area contributed by atoms with Gasteiger partial charge in [-0.15, -0.1) is 0 Å². The Bertz CT molecular complexity index is 511. The van der Waals surface area contributed by atoms with E-state index in [1.807, 2.05) is 0 Å². The molecule has 0 heteroatoms. The highest BCUT2D eigenvalue weighted by molar-refractivity contribution is 5.72. The zero-order chi connectivity index (χ0) is 11.1. The van der Waals surface area contributed by atoms with Gasteiger partial charge in [-0.3, -0.25) is 0 Å². The Morgan fingerprint density at radius 3 is 2.44 bits per heavy atom. The molecule has 0 amide bonds. The average molecular weight is 207 g/mol. The molecule has 1 aliphatic rings. The van der Waals surface area contributed by atoms with Gasteiger partial charge in [0.1, 0.15) is 0 Å². The molecule has 79 valence electrons. The van der Waals surface area contributed by atoms with Crippen molar-refractivity contribution in [2.75, 3.05) is 0 Å². The van der Waals surface area contributed by atoms with Gasteiger partial charge in [0, 0.05) is 0 Å². The third-order valence-electron chi connectivity index (χ3n) is 3.81. The van der Waals surface area contributed by atoms with E-state index in [0.717, 1.165) is 0 Å². The number of fused-ring (bicyclic) bond motifs is 1. The Morgan fingerprint density at radius 2 is 1.69 bits per heavy atom. The summed E-state index contributed by atoms with van der Waals surface area (Å²) >= 11 is 0. The minimum atomic E-state index is 0.665. The first-order valence-electron chi connectivity index (χ1n) is 5.89. The van der Waals surface area contributed by atoms with E-state index in [1.54, 1.807) is 0 Å². The van der Waals surface area contributed by atoms with Crippen LogP contribution < -0.4 is 0 Å². The maximum Gasteiger partial charge on any atom is -0.0115 e. The molecule has 0 heterocycles. The van der Waals surface area contributed by atoms with Crippen LogP contribution in [0.15, 0.2) is 42.5 Å². The van der Waals surface area contributed by atoms with Gasteiger partial charge in [0.05, 0.1) is 0 Å². The summed E-state index contributed by atoms with van der Waals surface area (Å²) in [7, 11) is 0. The molecular formula is C16H15. The van der Waals surface area contributed by atoms with Crippen molar-refractivity contribution in [3.05, 3.63) is 59.7 Å². The second-order valence-electron chi connectivity index (χ2n) is 4.66. The molecule has 2 aromatic carbocycles. The van der Waals surface area contributed by atoms with E-state index in [0.29, 0.717) is 11.8 Å². The van der Waals surface area contributed by atoms with Gasteiger partial charge in [0.15, 0.2) is 0 Å². The topological polar surface area (TPSA) is 0 Å². The number of hydrogen-bond acceptors (Lipinski definition) is 0. The van der Waals surface area contributed by atoms with Crippen LogP contribution in [0.5, 0.6) is 0 Å². The van der Waals surface area contributed by atoms with Gasteiger partial charge < -0.3 is 0 Å². The largest absolute Gasteiger partial charge is 0.0622 e.